The number of hydrogen-bond acceptors (Lipinski definition) is 3. The maximum atomic E-state index is 12.5. The zero-order valence-electron chi connectivity index (χ0n) is 12.1. The average Bonchev–Trinajstić information content (AvgIpc) is 2.80. The molecule has 1 N–H and O–H groups in total. The third-order valence-electron chi connectivity index (χ3n) is 3.34. The van der Waals surface area contributed by atoms with E-state index in [1.54, 1.807) is 29.9 Å². The Hall–Kier alpha value is -1.82. The molecule has 0 aliphatic carbocycles. The van der Waals surface area contributed by atoms with Crippen molar-refractivity contribution in [3.05, 3.63) is 41.1 Å². The first-order valence-corrected chi connectivity index (χ1v) is 7.96. The molecule has 20 heavy (non-hydrogen) atoms. The standard InChI is InChI=1S/C14H19N3O2S/c1-5-17-14(6-7-15-17)16-20(18,19)13-9-11(3)10(2)8-12(13)4/h6-9,16H,5H2,1-4H3. The number of nitrogens with zero attached hydrogens (tertiary/aromatic N) is 2. The Morgan fingerprint density at radius 3 is 2.45 bits per heavy atom. The zero-order chi connectivity index (χ0) is 14.9. The van der Waals surface area contributed by atoms with Gasteiger partial charge in [-0.25, -0.2) is 13.1 Å². The number of benzene rings is 1. The second-order valence-electron chi connectivity index (χ2n) is 4.84. The second kappa shape index (κ2) is 5.28. The molecule has 0 aliphatic rings. The topological polar surface area (TPSA) is 64.0 Å². The van der Waals surface area contributed by atoms with E-state index in [9.17, 15) is 8.42 Å². The van der Waals surface area contributed by atoms with Crippen molar-refractivity contribution in [1.29, 1.82) is 0 Å². The lowest BCUT2D eigenvalue weighted by atomic mass is 10.1. The van der Waals surface area contributed by atoms with Crippen LogP contribution in [0.1, 0.15) is 23.6 Å². The van der Waals surface area contributed by atoms with Crippen molar-refractivity contribution >= 4 is 15.8 Å². The maximum Gasteiger partial charge on any atom is 0.263 e. The van der Waals surface area contributed by atoms with Gasteiger partial charge in [-0.15, -0.1) is 0 Å². The molecule has 0 spiro atoms. The summed E-state index contributed by atoms with van der Waals surface area (Å²) < 4.78 is 29.2. The van der Waals surface area contributed by atoms with Crippen LogP contribution in [0.5, 0.6) is 0 Å². The third-order valence-corrected chi connectivity index (χ3v) is 4.83. The van der Waals surface area contributed by atoms with Gasteiger partial charge >= 0.3 is 0 Å². The molecule has 1 aromatic carbocycles. The summed E-state index contributed by atoms with van der Waals surface area (Å²) in [5.74, 6) is 0.477. The van der Waals surface area contributed by atoms with Crippen LogP contribution in [0.15, 0.2) is 29.3 Å². The molecule has 1 heterocycles. The molecule has 1 aromatic heterocycles. The van der Waals surface area contributed by atoms with Gasteiger partial charge in [-0.1, -0.05) is 6.07 Å². The van der Waals surface area contributed by atoms with E-state index in [0.717, 1.165) is 16.7 Å². The van der Waals surface area contributed by atoms with Gasteiger partial charge in [-0.2, -0.15) is 5.10 Å². The monoisotopic (exact) mass is 293 g/mol. The number of rotatable bonds is 4. The van der Waals surface area contributed by atoms with Crippen LogP contribution in [0, 0.1) is 20.8 Å². The van der Waals surface area contributed by atoms with Gasteiger partial charge < -0.3 is 0 Å². The minimum Gasteiger partial charge on any atom is -0.264 e. The molecule has 0 unspecified atom stereocenters. The lowest BCUT2D eigenvalue weighted by molar-refractivity contribution is 0.598. The molecule has 0 saturated heterocycles. The van der Waals surface area contributed by atoms with E-state index in [-0.39, 0.29) is 0 Å². The first kappa shape index (κ1) is 14.6. The summed E-state index contributed by atoms with van der Waals surface area (Å²) in [5, 5.41) is 4.06. The highest BCUT2D eigenvalue weighted by atomic mass is 32.2. The fraction of sp³-hybridized carbons (Fsp3) is 0.357. The van der Waals surface area contributed by atoms with Crippen molar-refractivity contribution in [1.82, 2.24) is 9.78 Å². The van der Waals surface area contributed by atoms with Gasteiger partial charge in [0.1, 0.15) is 5.82 Å². The van der Waals surface area contributed by atoms with E-state index in [1.807, 2.05) is 26.8 Å². The largest absolute Gasteiger partial charge is 0.264 e. The number of aromatic nitrogens is 2. The molecule has 0 atom stereocenters. The highest BCUT2D eigenvalue weighted by Gasteiger charge is 2.19. The first-order chi connectivity index (χ1) is 9.35. The van der Waals surface area contributed by atoms with E-state index >= 15 is 0 Å². The predicted molar refractivity (Wildman–Crippen MR) is 79.4 cm³/mol. The Labute approximate surface area is 119 Å². The summed E-state index contributed by atoms with van der Waals surface area (Å²) in [6, 6.07) is 5.25. The van der Waals surface area contributed by atoms with Crippen LogP contribution < -0.4 is 4.72 Å². The molecule has 5 nitrogen and oxygen atoms in total. The van der Waals surface area contributed by atoms with Gasteiger partial charge in [0.05, 0.1) is 11.1 Å². The van der Waals surface area contributed by atoms with Gasteiger partial charge in [0.2, 0.25) is 0 Å². The Kier molecular flexibility index (Phi) is 3.85. The van der Waals surface area contributed by atoms with Crippen LogP contribution in [0.25, 0.3) is 0 Å². The molecular weight excluding hydrogens is 274 g/mol. The normalized spacial score (nSPS) is 11.6. The Morgan fingerprint density at radius 2 is 1.80 bits per heavy atom. The van der Waals surface area contributed by atoms with Crippen molar-refractivity contribution in [2.75, 3.05) is 4.72 Å². The molecule has 0 radical (unpaired) electrons. The number of anilines is 1. The summed E-state index contributed by atoms with van der Waals surface area (Å²) in [4.78, 5) is 0.310. The van der Waals surface area contributed by atoms with Crippen molar-refractivity contribution < 1.29 is 8.42 Å². The van der Waals surface area contributed by atoms with Gasteiger partial charge in [0.15, 0.2) is 0 Å². The van der Waals surface area contributed by atoms with Crippen LogP contribution in [-0.4, -0.2) is 18.2 Å². The molecule has 0 fully saturated rings. The molecule has 0 bridgehead atoms. The van der Waals surface area contributed by atoms with E-state index in [0.29, 0.717) is 17.3 Å². The first-order valence-electron chi connectivity index (χ1n) is 6.47. The Morgan fingerprint density at radius 1 is 1.15 bits per heavy atom. The van der Waals surface area contributed by atoms with E-state index < -0.39 is 10.0 Å². The molecular formula is C14H19N3O2S. The highest BCUT2D eigenvalue weighted by molar-refractivity contribution is 7.92. The third kappa shape index (κ3) is 2.70. The number of hydrogen-bond donors (Lipinski definition) is 1. The minimum atomic E-state index is -3.60. The quantitative estimate of drug-likeness (QED) is 0.942. The fourth-order valence-corrected chi connectivity index (χ4v) is 3.46. The van der Waals surface area contributed by atoms with E-state index in [2.05, 4.69) is 9.82 Å². The van der Waals surface area contributed by atoms with Crippen LogP contribution in [0.3, 0.4) is 0 Å². The summed E-state index contributed by atoms with van der Waals surface area (Å²) in [6.07, 6.45) is 1.58. The minimum absolute atomic E-state index is 0.310. The summed E-state index contributed by atoms with van der Waals surface area (Å²) in [5.41, 5.74) is 2.78. The van der Waals surface area contributed by atoms with Crippen LogP contribution in [-0.2, 0) is 16.6 Å². The summed E-state index contributed by atoms with van der Waals surface area (Å²) in [7, 11) is -3.60. The fourth-order valence-electron chi connectivity index (χ4n) is 2.09. The van der Waals surface area contributed by atoms with Gasteiger partial charge in [-0.05, 0) is 50.5 Å². The molecule has 0 aliphatic heterocycles. The van der Waals surface area contributed by atoms with Crippen molar-refractivity contribution in [2.24, 2.45) is 0 Å². The average molecular weight is 293 g/mol. The Bertz CT molecular complexity index is 733. The molecule has 0 saturated carbocycles. The van der Waals surface area contributed by atoms with Crippen molar-refractivity contribution in [3.8, 4) is 0 Å². The maximum absolute atomic E-state index is 12.5. The van der Waals surface area contributed by atoms with E-state index in [4.69, 9.17) is 0 Å². The molecule has 2 rings (SSSR count). The zero-order valence-corrected chi connectivity index (χ0v) is 13.0. The lowest BCUT2D eigenvalue weighted by Crippen LogP contribution is -2.17. The van der Waals surface area contributed by atoms with Gasteiger partial charge in [-0.3, -0.25) is 4.72 Å². The van der Waals surface area contributed by atoms with Gasteiger partial charge in [0.25, 0.3) is 10.0 Å². The van der Waals surface area contributed by atoms with Crippen molar-refractivity contribution in [3.63, 3.8) is 0 Å². The van der Waals surface area contributed by atoms with Gasteiger partial charge in [0, 0.05) is 12.6 Å². The molecule has 6 heteroatoms. The summed E-state index contributed by atoms with van der Waals surface area (Å²) in [6.45, 7) is 8.20. The Balaban J connectivity index is 2.43. The lowest BCUT2D eigenvalue weighted by Gasteiger charge is -2.13. The van der Waals surface area contributed by atoms with Crippen LogP contribution in [0.4, 0.5) is 5.82 Å². The number of nitrogens with one attached hydrogen (secondary N) is 1. The number of aryl methyl sites for hydroxylation is 4. The highest BCUT2D eigenvalue weighted by Crippen LogP contribution is 2.22. The molecule has 0 amide bonds. The second-order valence-corrected chi connectivity index (χ2v) is 6.49. The van der Waals surface area contributed by atoms with Crippen LogP contribution in [0.2, 0.25) is 0 Å². The smallest absolute Gasteiger partial charge is 0.263 e. The number of sulfonamides is 1. The molecule has 2 aromatic rings. The SMILES string of the molecule is CCn1nccc1NS(=O)(=O)c1cc(C)c(C)cc1C. The van der Waals surface area contributed by atoms with E-state index in [1.165, 1.54) is 0 Å². The van der Waals surface area contributed by atoms with Crippen LogP contribution >= 0.6 is 0 Å². The summed E-state index contributed by atoms with van der Waals surface area (Å²) >= 11 is 0. The molecule has 108 valence electrons. The predicted octanol–water partition coefficient (Wildman–Crippen LogP) is 2.63. The van der Waals surface area contributed by atoms with Crippen molar-refractivity contribution in [2.45, 2.75) is 39.1 Å².